The summed E-state index contributed by atoms with van der Waals surface area (Å²) in [6, 6.07) is 16.6. The Hall–Kier alpha value is -2.86. The molecule has 0 saturated heterocycles. The molecule has 1 saturated carbocycles. The molecule has 0 aliphatic heterocycles. The molecule has 0 atom stereocenters. The van der Waals surface area contributed by atoms with Crippen molar-refractivity contribution in [2.45, 2.75) is 38.7 Å². The molecule has 0 bridgehead atoms. The molecular weight excluding hydrogens is 348 g/mol. The Balaban J connectivity index is 1.42. The van der Waals surface area contributed by atoms with E-state index >= 15 is 0 Å². The van der Waals surface area contributed by atoms with Gasteiger partial charge in [-0.2, -0.15) is 0 Å². The summed E-state index contributed by atoms with van der Waals surface area (Å²) in [4.78, 5) is 32.3. The lowest BCUT2D eigenvalue weighted by molar-refractivity contribution is -0.453. The number of ether oxygens (including phenoxy) is 1. The first-order valence-corrected chi connectivity index (χ1v) is 9.03. The van der Waals surface area contributed by atoms with E-state index in [4.69, 9.17) is 4.74 Å². The Morgan fingerprint density at radius 2 is 1.44 bits per heavy atom. The van der Waals surface area contributed by atoms with Crippen LogP contribution in [0.1, 0.15) is 43.0 Å². The summed E-state index contributed by atoms with van der Waals surface area (Å²) in [6.07, 6.45) is 2.41. The highest BCUT2D eigenvalue weighted by atomic mass is 17.5. The van der Waals surface area contributed by atoms with Gasteiger partial charge in [-0.1, -0.05) is 49.4 Å². The van der Waals surface area contributed by atoms with E-state index in [-0.39, 0.29) is 11.7 Å². The summed E-state index contributed by atoms with van der Waals surface area (Å²) < 4.78 is 5.11. The van der Waals surface area contributed by atoms with Gasteiger partial charge in [-0.25, -0.2) is 14.5 Å². The maximum absolute atomic E-state index is 11.9. The van der Waals surface area contributed by atoms with Gasteiger partial charge in [-0.15, -0.1) is 0 Å². The summed E-state index contributed by atoms with van der Waals surface area (Å²) >= 11 is 0. The number of benzene rings is 2. The van der Waals surface area contributed by atoms with E-state index in [2.05, 4.69) is 21.7 Å². The largest absolute Gasteiger partial charge is 0.543 e. The molecule has 0 aromatic heterocycles. The molecule has 0 heterocycles. The van der Waals surface area contributed by atoms with E-state index in [1.807, 2.05) is 30.3 Å². The molecule has 1 aliphatic rings. The van der Waals surface area contributed by atoms with Gasteiger partial charge in [0.2, 0.25) is 0 Å². The van der Waals surface area contributed by atoms with Crippen LogP contribution < -0.4 is 0 Å². The summed E-state index contributed by atoms with van der Waals surface area (Å²) in [5.41, 5.74) is 2.28. The lowest BCUT2D eigenvalue weighted by Crippen LogP contribution is -2.24. The van der Waals surface area contributed by atoms with Crippen molar-refractivity contribution in [3.05, 3.63) is 60.2 Å². The van der Waals surface area contributed by atoms with Crippen molar-refractivity contribution in [1.82, 2.24) is 0 Å². The zero-order valence-corrected chi connectivity index (χ0v) is 15.1. The second-order valence-electron chi connectivity index (χ2n) is 6.72. The van der Waals surface area contributed by atoms with Gasteiger partial charge < -0.3 is 4.74 Å². The van der Waals surface area contributed by atoms with E-state index in [0.717, 1.165) is 36.8 Å². The molecule has 0 amide bonds. The second-order valence-corrected chi connectivity index (χ2v) is 6.72. The Kier molecular flexibility index (Phi) is 6.44. The number of rotatable bonds is 5. The molecule has 27 heavy (non-hydrogen) atoms. The Bertz CT molecular complexity index is 748. The summed E-state index contributed by atoms with van der Waals surface area (Å²) in [5.74, 6) is -0.125. The van der Waals surface area contributed by atoms with Crippen molar-refractivity contribution in [1.29, 1.82) is 0 Å². The van der Waals surface area contributed by atoms with Crippen LogP contribution in [0.25, 0.3) is 11.1 Å². The SMILES string of the molecule is CC1CCC(OC(=O)OOOC(=O)c2ccc(-c3ccccc3)cc2)CC1. The Morgan fingerprint density at radius 1 is 0.815 bits per heavy atom. The monoisotopic (exact) mass is 370 g/mol. The topological polar surface area (TPSA) is 71.1 Å². The van der Waals surface area contributed by atoms with Crippen LogP contribution in [0, 0.1) is 5.92 Å². The summed E-state index contributed by atoms with van der Waals surface area (Å²) in [7, 11) is 0. The number of carbonyl (C=O) groups excluding carboxylic acids is 2. The minimum absolute atomic E-state index is 0.182. The van der Waals surface area contributed by atoms with Crippen LogP contribution in [0.2, 0.25) is 0 Å². The molecule has 6 nitrogen and oxygen atoms in total. The van der Waals surface area contributed by atoms with Gasteiger partial charge in [-0.05, 0) is 54.9 Å². The molecule has 3 rings (SSSR count). The minimum atomic E-state index is -1.01. The van der Waals surface area contributed by atoms with Crippen molar-refractivity contribution in [2.24, 2.45) is 5.92 Å². The van der Waals surface area contributed by atoms with Crippen LogP contribution >= 0.6 is 0 Å². The molecular formula is C21H22O6. The lowest BCUT2D eigenvalue weighted by atomic mass is 9.89. The van der Waals surface area contributed by atoms with Crippen molar-refractivity contribution in [3.63, 3.8) is 0 Å². The van der Waals surface area contributed by atoms with Crippen LogP contribution in [-0.2, 0) is 19.6 Å². The van der Waals surface area contributed by atoms with Crippen LogP contribution in [0.5, 0.6) is 0 Å². The van der Waals surface area contributed by atoms with E-state index in [1.165, 1.54) is 0 Å². The zero-order chi connectivity index (χ0) is 19.1. The molecule has 142 valence electrons. The second kappa shape index (κ2) is 9.19. The molecule has 1 aliphatic carbocycles. The number of hydrogen-bond acceptors (Lipinski definition) is 6. The fraction of sp³-hybridized carbons (Fsp3) is 0.333. The fourth-order valence-corrected chi connectivity index (χ4v) is 3.06. The van der Waals surface area contributed by atoms with Gasteiger partial charge in [0.15, 0.2) is 0 Å². The van der Waals surface area contributed by atoms with Gasteiger partial charge in [0, 0.05) is 0 Å². The molecule has 2 aromatic rings. The van der Waals surface area contributed by atoms with Crippen LogP contribution in [0.15, 0.2) is 54.6 Å². The van der Waals surface area contributed by atoms with Gasteiger partial charge in [-0.3, -0.25) is 4.89 Å². The summed E-state index contributed by atoms with van der Waals surface area (Å²) in [5, 5.41) is 4.27. The van der Waals surface area contributed by atoms with Crippen LogP contribution in [0.3, 0.4) is 0 Å². The Labute approximate surface area is 157 Å². The van der Waals surface area contributed by atoms with Crippen molar-refractivity contribution < 1.29 is 29.1 Å². The quantitative estimate of drug-likeness (QED) is 0.415. The standard InChI is InChI=1S/C21H22O6/c1-15-7-13-19(14-8-15)24-21(23)26-27-25-20(22)18-11-9-17(10-12-18)16-5-3-2-4-6-16/h2-6,9-12,15,19H,7-8,13-14H2,1H3. The highest BCUT2D eigenvalue weighted by Gasteiger charge is 2.23. The minimum Gasteiger partial charge on any atom is -0.429 e. The maximum atomic E-state index is 11.9. The first-order chi connectivity index (χ1) is 13.1. The molecule has 0 radical (unpaired) electrons. The van der Waals surface area contributed by atoms with Gasteiger partial charge in [0.05, 0.1) is 10.6 Å². The molecule has 2 aromatic carbocycles. The summed E-state index contributed by atoms with van der Waals surface area (Å²) in [6.45, 7) is 2.17. The van der Waals surface area contributed by atoms with E-state index < -0.39 is 12.1 Å². The zero-order valence-electron chi connectivity index (χ0n) is 15.1. The lowest BCUT2D eigenvalue weighted by Gasteiger charge is -2.24. The molecule has 1 fully saturated rings. The molecule has 6 heteroatoms. The van der Waals surface area contributed by atoms with Gasteiger partial charge in [0.25, 0.3) is 0 Å². The third-order valence-corrected chi connectivity index (χ3v) is 4.67. The number of hydrogen-bond donors (Lipinski definition) is 0. The van der Waals surface area contributed by atoms with E-state index in [9.17, 15) is 9.59 Å². The van der Waals surface area contributed by atoms with Crippen LogP contribution in [0.4, 0.5) is 4.79 Å². The van der Waals surface area contributed by atoms with Crippen molar-refractivity contribution in [2.75, 3.05) is 0 Å². The normalized spacial score (nSPS) is 19.1. The first kappa shape index (κ1) is 18.9. The van der Waals surface area contributed by atoms with Gasteiger partial charge in [0.1, 0.15) is 6.10 Å². The van der Waals surface area contributed by atoms with Crippen molar-refractivity contribution in [3.8, 4) is 11.1 Å². The van der Waals surface area contributed by atoms with Crippen molar-refractivity contribution >= 4 is 12.1 Å². The third kappa shape index (κ3) is 5.56. The number of carbonyl (C=O) groups is 2. The highest BCUT2D eigenvalue weighted by molar-refractivity contribution is 5.89. The predicted octanol–water partition coefficient (Wildman–Crippen LogP) is 5.09. The Morgan fingerprint density at radius 3 is 2.11 bits per heavy atom. The fourth-order valence-electron chi connectivity index (χ4n) is 3.06. The first-order valence-electron chi connectivity index (χ1n) is 9.03. The maximum Gasteiger partial charge on any atom is 0.543 e. The van der Waals surface area contributed by atoms with E-state index in [1.54, 1.807) is 24.3 Å². The predicted molar refractivity (Wildman–Crippen MR) is 97.4 cm³/mol. The van der Waals surface area contributed by atoms with Gasteiger partial charge >= 0.3 is 12.1 Å². The third-order valence-electron chi connectivity index (χ3n) is 4.67. The molecule has 0 unspecified atom stereocenters. The average Bonchev–Trinajstić information content (AvgIpc) is 2.70. The van der Waals surface area contributed by atoms with E-state index in [0.29, 0.717) is 5.92 Å². The smallest absolute Gasteiger partial charge is 0.429 e. The molecule has 0 N–H and O–H groups in total. The average molecular weight is 370 g/mol. The van der Waals surface area contributed by atoms with Crippen LogP contribution in [-0.4, -0.2) is 18.2 Å². The molecule has 0 spiro atoms. The highest BCUT2D eigenvalue weighted by Crippen LogP contribution is 2.25.